The number of fused-ring (bicyclic) bond motifs is 2. The molecule has 0 unspecified atom stereocenters. The number of pyridine rings is 1. The van der Waals surface area contributed by atoms with Gasteiger partial charge in [-0.25, -0.2) is 4.98 Å². The van der Waals surface area contributed by atoms with E-state index in [9.17, 15) is 0 Å². The van der Waals surface area contributed by atoms with Gasteiger partial charge in [-0.05, 0) is 44.2 Å². The highest BCUT2D eigenvalue weighted by Gasteiger charge is 2.10. The predicted molar refractivity (Wildman–Crippen MR) is 98.3 cm³/mol. The molecule has 0 aliphatic carbocycles. The molecule has 0 bridgehead atoms. The molecule has 0 N–H and O–H groups in total. The maximum absolute atomic E-state index is 5.84. The number of benzene rings is 2. The highest BCUT2D eigenvalue weighted by atomic mass is 16.3. The van der Waals surface area contributed by atoms with Gasteiger partial charge in [0.05, 0.1) is 11.1 Å². The summed E-state index contributed by atoms with van der Waals surface area (Å²) >= 11 is 0. The quantitative estimate of drug-likeness (QED) is 0.537. The SMILES string of the molecule is CCN(CC)c1ccc2cc(-c3nc4ccccc4o3)cnc2c1. The Kier molecular flexibility index (Phi) is 3.65. The summed E-state index contributed by atoms with van der Waals surface area (Å²) in [6.07, 6.45) is 1.83. The third kappa shape index (κ3) is 2.50. The van der Waals surface area contributed by atoms with Gasteiger partial charge in [0, 0.05) is 30.4 Å². The van der Waals surface area contributed by atoms with Crippen LogP contribution >= 0.6 is 0 Å². The van der Waals surface area contributed by atoms with Crippen molar-refractivity contribution in [1.29, 1.82) is 0 Å². The lowest BCUT2D eigenvalue weighted by Crippen LogP contribution is -2.21. The molecule has 4 rings (SSSR count). The van der Waals surface area contributed by atoms with Crippen molar-refractivity contribution in [2.45, 2.75) is 13.8 Å². The van der Waals surface area contributed by atoms with Crippen molar-refractivity contribution in [3.8, 4) is 11.5 Å². The third-order valence-corrected chi connectivity index (χ3v) is 4.34. The van der Waals surface area contributed by atoms with Crippen LogP contribution in [0.25, 0.3) is 33.5 Å². The molecule has 0 spiro atoms. The molecular formula is C20H19N3O. The summed E-state index contributed by atoms with van der Waals surface area (Å²) in [5.74, 6) is 0.610. The maximum atomic E-state index is 5.84. The molecule has 0 fully saturated rings. The van der Waals surface area contributed by atoms with E-state index in [2.05, 4.69) is 53.0 Å². The van der Waals surface area contributed by atoms with Gasteiger partial charge in [-0.1, -0.05) is 18.2 Å². The molecule has 2 aromatic carbocycles. The van der Waals surface area contributed by atoms with Crippen LogP contribution in [0.1, 0.15) is 13.8 Å². The summed E-state index contributed by atoms with van der Waals surface area (Å²) in [7, 11) is 0. The highest BCUT2D eigenvalue weighted by Crippen LogP contribution is 2.27. The average Bonchev–Trinajstić information content (AvgIpc) is 3.06. The number of anilines is 1. The molecule has 4 aromatic rings. The molecule has 0 saturated carbocycles. The molecule has 120 valence electrons. The first-order chi connectivity index (χ1) is 11.8. The Morgan fingerprint density at radius 3 is 2.58 bits per heavy atom. The Bertz CT molecular complexity index is 969. The van der Waals surface area contributed by atoms with Crippen LogP contribution in [0.2, 0.25) is 0 Å². The van der Waals surface area contributed by atoms with E-state index in [0.29, 0.717) is 5.89 Å². The molecule has 0 amide bonds. The fourth-order valence-electron chi connectivity index (χ4n) is 3.01. The Balaban J connectivity index is 1.76. The van der Waals surface area contributed by atoms with Crippen LogP contribution in [-0.4, -0.2) is 23.1 Å². The summed E-state index contributed by atoms with van der Waals surface area (Å²) in [6, 6.07) is 16.3. The normalized spacial score (nSPS) is 11.2. The van der Waals surface area contributed by atoms with Crippen molar-refractivity contribution >= 4 is 27.7 Å². The molecule has 24 heavy (non-hydrogen) atoms. The number of rotatable bonds is 4. The van der Waals surface area contributed by atoms with Crippen LogP contribution in [0.15, 0.2) is 59.1 Å². The van der Waals surface area contributed by atoms with Crippen LogP contribution in [0, 0.1) is 0 Å². The van der Waals surface area contributed by atoms with E-state index in [1.807, 2.05) is 30.5 Å². The first-order valence-electron chi connectivity index (χ1n) is 8.29. The van der Waals surface area contributed by atoms with Gasteiger partial charge in [0.25, 0.3) is 0 Å². The summed E-state index contributed by atoms with van der Waals surface area (Å²) in [5, 5.41) is 1.09. The van der Waals surface area contributed by atoms with Crippen molar-refractivity contribution in [1.82, 2.24) is 9.97 Å². The van der Waals surface area contributed by atoms with Crippen molar-refractivity contribution in [3.05, 3.63) is 54.7 Å². The Morgan fingerprint density at radius 2 is 1.79 bits per heavy atom. The fourth-order valence-corrected chi connectivity index (χ4v) is 3.01. The number of para-hydroxylation sites is 2. The maximum Gasteiger partial charge on any atom is 0.228 e. The molecule has 2 heterocycles. The van der Waals surface area contributed by atoms with Crippen LogP contribution in [0.4, 0.5) is 5.69 Å². The van der Waals surface area contributed by atoms with Gasteiger partial charge in [-0.3, -0.25) is 4.98 Å². The zero-order valence-corrected chi connectivity index (χ0v) is 13.9. The summed E-state index contributed by atoms with van der Waals surface area (Å²) < 4.78 is 5.84. The average molecular weight is 317 g/mol. The van der Waals surface area contributed by atoms with Gasteiger partial charge in [0.1, 0.15) is 5.52 Å². The number of hydrogen-bond acceptors (Lipinski definition) is 4. The largest absolute Gasteiger partial charge is 0.436 e. The van der Waals surface area contributed by atoms with E-state index >= 15 is 0 Å². The van der Waals surface area contributed by atoms with E-state index in [1.54, 1.807) is 0 Å². The predicted octanol–water partition coefficient (Wildman–Crippen LogP) is 4.89. The topological polar surface area (TPSA) is 42.2 Å². The second-order valence-corrected chi connectivity index (χ2v) is 5.76. The molecule has 2 aromatic heterocycles. The minimum atomic E-state index is 0.610. The lowest BCUT2D eigenvalue weighted by Gasteiger charge is -2.21. The zero-order valence-electron chi connectivity index (χ0n) is 13.9. The Morgan fingerprint density at radius 1 is 0.958 bits per heavy atom. The van der Waals surface area contributed by atoms with Crippen LogP contribution in [0.3, 0.4) is 0 Å². The number of aromatic nitrogens is 2. The lowest BCUT2D eigenvalue weighted by molar-refractivity contribution is 0.619. The summed E-state index contributed by atoms with van der Waals surface area (Å²) in [4.78, 5) is 11.5. The van der Waals surface area contributed by atoms with Gasteiger partial charge in [0.2, 0.25) is 5.89 Å². The summed E-state index contributed by atoms with van der Waals surface area (Å²) in [6.45, 7) is 6.31. The number of hydrogen-bond donors (Lipinski definition) is 0. The zero-order chi connectivity index (χ0) is 16.5. The first kappa shape index (κ1) is 14.7. The molecule has 0 aliphatic rings. The minimum Gasteiger partial charge on any atom is -0.436 e. The van der Waals surface area contributed by atoms with Crippen LogP contribution in [0.5, 0.6) is 0 Å². The van der Waals surface area contributed by atoms with Gasteiger partial charge in [-0.2, -0.15) is 0 Å². The van der Waals surface area contributed by atoms with Gasteiger partial charge < -0.3 is 9.32 Å². The Hall–Kier alpha value is -2.88. The monoisotopic (exact) mass is 317 g/mol. The van der Waals surface area contributed by atoms with E-state index in [-0.39, 0.29) is 0 Å². The van der Waals surface area contributed by atoms with Crippen molar-refractivity contribution in [2.24, 2.45) is 0 Å². The highest BCUT2D eigenvalue weighted by molar-refractivity contribution is 5.86. The molecular weight excluding hydrogens is 298 g/mol. The van der Waals surface area contributed by atoms with E-state index in [0.717, 1.165) is 40.7 Å². The third-order valence-electron chi connectivity index (χ3n) is 4.34. The molecule has 0 radical (unpaired) electrons. The number of nitrogens with zero attached hydrogens (tertiary/aromatic N) is 3. The Labute approximate surface area is 140 Å². The molecule has 4 nitrogen and oxygen atoms in total. The second-order valence-electron chi connectivity index (χ2n) is 5.76. The van der Waals surface area contributed by atoms with Gasteiger partial charge in [-0.15, -0.1) is 0 Å². The molecule has 0 aliphatic heterocycles. The van der Waals surface area contributed by atoms with Crippen LogP contribution in [-0.2, 0) is 0 Å². The minimum absolute atomic E-state index is 0.610. The number of oxazole rings is 1. The van der Waals surface area contributed by atoms with Crippen molar-refractivity contribution in [3.63, 3.8) is 0 Å². The van der Waals surface area contributed by atoms with Gasteiger partial charge in [0.15, 0.2) is 5.58 Å². The summed E-state index contributed by atoms with van der Waals surface area (Å²) in [5.41, 5.74) is 4.75. The van der Waals surface area contributed by atoms with E-state index in [4.69, 9.17) is 4.42 Å². The molecule has 0 atom stereocenters. The first-order valence-corrected chi connectivity index (χ1v) is 8.29. The van der Waals surface area contributed by atoms with Crippen LogP contribution < -0.4 is 4.90 Å². The van der Waals surface area contributed by atoms with Crippen molar-refractivity contribution in [2.75, 3.05) is 18.0 Å². The lowest BCUT2D eigenvalue weighted by atomic mass is 10.1. The van der Waals surface area contributed by atoms with E-state index < -0.39 is 0 Å². The van der Waals surface area contributed by atoms with Gasteiger partial charge >= 0.3 is 0 Å². The fraction of sp³-hybridized carbons (Fsp3) is 0.200. The van der Waals surface area contributed by atoms with Crippen molar-refractivity contribution < 1.29 is 4.42 Å². The molecule has 0 saturated heterocycles. The second kappa shape index (κ2) is 5.96. The van der Waals surface area contributed by atoms with E-state index in [1.165, 1.54) is 5.69 Å². The standard InChI is InChI=1S/C20H19N3O/c1-3-23(4-2)16-10-9-14-11-15(13-21-18(14)12-16)20-22-17-7-5-6-8-19(17)24-20/h5-13H,3-4H2,1-2H3. The molecule has 4 heteroatoms. The smallest absolute Gasteiger partial charge is 0.228 e.